The molecule has 1 amide bonds. The molecule has 0 aliphatic heterocycles. The largest absolute Gasteiger partial charge is 0.480 e. The van der Waals surface area contributed by atoms with E-state index >= 15 is 0 Å². The Kier molecular flexibility index (Phi) is 6.28. The lowest BCUT2D eigenvalue weighted by atomic mass is 10.1. The monoisotopic (exact) mass is 296 g/mol. The molecule has 0 radical (unpaired) electrons. The molecule has 0 aromatic heterocycles. The topological polar surface area (TPSA) is 110 Å². The minimum Gasteiger partial charge on any atom is -0.480 e. The summed E-state index contributed by atoms with van der Waals surface area (Å²) in [4.78, 5) is 34.3. The SMILES string of the molecule is COCCN(CC(=O)O)C(=O)Cc1ccccc1[N+](=O)[O-]. The quantitative estimate of drug-likeness (QED) is 0.558. The normalized spacial score (nSPS) is 10.1. The molecule has 0 aliphatic rings. The third-order valence-electron chi connectivity index (χ3n) is 2.77. The van der Waals surface area contributed by atoms with Gasteiger partial charge >= 0.3 is 5.97 Å². The average molecular weight is 296 g/mol. The zero-order valence-electron chi connectivity index (χ0n) is 11.5. The number of amides is 1. The third-order valence-corrected chi connectivity index (χ3v) is 2.77. The molecule has 21 heavy (non-hydrogen) atoms. The first-order chi connectivity index (χ1) is 9.95. The van der Waals surface area contributed by atoms with Crippen LogP contribution in [0.4, 0.5) is 5.69 Å². The molecule has 1 N–H and O–H groups in total. The van der Waals surface area contributed by atoms with Crippen molar-refractivity contribution in [2.45, 2.75) is 6.42 Å². The fourth-order valence-corrected chi connectivity index (χ4v) is 1.77. The molecule has 0 heterocycles. The van der Waals surface area contributed by atoms with E-state index in [1.165, 1.54) is 25.3 Å². The van der Waals surface area contributed by atoms with Crippen LogP contribution >= 0.6 is 0 Å². The molecular formula is C13H16N2O6. The maximum Gasteiger partial charge on any atom is 0.323 e. The fraction of sp³-hybridized carbons (Fsp3) is 0.385. The number of hydrogen-bond acceptors (Lipinski definition) is 5. The van der Waals surface area contributed by atoms with Crippen LogP contribution in [0.25, 0.3) is 0 Å². The lowest BCUT2D eigenvalue weighted by Crippen LogP contribution is -2.39. The van der Waals surface area contributed by atoms with E-state index in [4.69, 9.17) is 9.84 Å². The maximum absolute atomic E-state index is 12.1. The van der Waals surface area contributed by atoms with Crippen molar-refractivity contribution >= 4 is 17.6 Å². The fourth-order valence-electron chi connectivity index (χ4n) is 1.77. The molecule has 0 bridgehead atoms. The van der Waals surface area contributed by atoms with Gasteiger partial charge in [-0.25, -0.2) is 0 Å². The molecule has 0 unspecified atom stereocenters. The summed E-state index contributed by atoms with van der Waals surface area (Å²) in [6.45, 7) is -0.166. The summed E-state index contributed by atoms with van der Waals surface area (Å²) in [5.41, 5.74) is 0.0909. The second-order valence-corrected chi connectivity index (χ2v) is 4.26. The Morgan fingerprint density at radius 3 is 2.62 bits per heavy atom. The van der Waals surface area contributed by atoms with E-state index in [1.54, 1.807) is 6.07 Å². The summed E-state index contributed by atoms with van der Waals surface area (Å²) in [6.07, 6.45) is -0.228. The van der Waals surface area contributed by atoms with Crippen LogP contribution in [0.5, 0.6) is 0 Å². The van der Waals surface area contributed by atoms with E-state index in [0.717, 1.165) is 4.90 Å². The molecule has 0 saturated heterocycles. The summed E-state index contributed by atoms with van der Waals surface area (Å²) in [6, 6.07) is 5.88. The van der Waals surface area contributed by atoms with E-state index in [0.29, 0.717) is 0 Å². The number of para-hydroxylation sites is 1. The molecule has 0 saturated carbocycles. The van der Waals surface area contributed by atoms with E-state index in [9.17, 15) is 19.7 Å². The van der Waals surface area contributed by atoms with Crippen LogP contribution in [0.3, 0.4) is 0 Å². The van der Waals surface area contributed by atoms with Gasteiger partial charge in [-0.2, -0.15) is 0 Å². The number of nitrogens with zero attached hydrogens (tertiary/aromatic N) is 2. The maximum atomic E-state index is 12.1. The number of carboxylic acids is 1. The number of hydrogen-bond donors (Lipinski definition) is 1. The lowest BCUT2D eigenvalue weighted by Gasteiger charge is -2.20. The molecule has 1 rings (SSSR count). The molecule has 8 nitrogen and oxygen atoms in total. The molecule has 1 aromatic rings. The molecule has 0 atom stereocenters. The van der Waals surface area contributed by atoms with E-state index in [-0.39, 0.29) is 30.8 Å². The van der Waals surface area contributed by atoms with Crippen LogP contribution < -0.4 is 0 Å². The average Bonchev–Trinajstić information content (AvgIpc) is 2.43. The van der Waals surface area contributed by atoms with Crippen LogP contribution in [0.15, 0.2) is 24.3 Å². The van der Waals surface area contributed by atoms with Gasteiger partial charge in [-0.05, 0) is 0 Å². The summed E-state index contributed by atoms with van der Waals surface area (Å²) in [5, 5.41) is 19.7. The van der Waals surface area contributed by atoms with Gasteiger partial charge in [0.15, 0.2) is 0 Å². The number of nitro benzene ring substituents is 1. The van der Waals surface area contributed by atoms with Gasteiger partial charge in [-0.15, -0.1) is 0 Å². The molecule has 0 aliphatic carbocycles. The molecule has 0 spiro atoms. The smallest absolute Gasteiger partial charge is 0.323 e. The highest BCUT2D eigenvalue weighted by molar-refractivity contribution is 5.83. The van der Waals surface area contributed by atoms with Gasteiger partial charge < -0.3 is 14.7 Å². The second-order valence-electron chi connectivity index (χ2n) is 4.26. The van der Waals surface area contributed by atoms with Crippen molar-refractivity contribution in [2.24, 2.45) is 0 Å². The van der Waals surface area contributed by atoms with Gasteiger partial charge in [0.05, 0.1) is 18.0 Å². The van der Waals surface area contributed by atoms with E-state index < -0.39 is 23.3 Å². The Balaban J connectivity index is 2.85. The first-order valence-electron chi connectivity index (χ1n) is 6.16. The molecule has 1 aromatic carbocycles. The van der Waals surface area contributed by atoms with Gasteiger partial charge in [-0.3, -0.25) is 19.7 Å². The Morgan fingerprint density at radius 2 is 2.05 bits per heavy atom. The predicted molar refractivity (Wildman–Crippen MR) is 72.9 cm³/mol. The zero-order valence-corrected chi connectivity index (χ0v) is 11.5. The number of ether oxygens (including phenoxy) is 1. The lowest BCUT2D eigenvalue weighted by molar-refractivity contribution is -0.385. The number of aliphatic carboxylic acids is 1. The first kappa shape index (κ1) is 16.6. The highest BCUT2D eigenvalue weighted by Gasteiger charge is 2.21. The summed E-state index contributed by atoms with van der Waals surface area (Å²) >= 11 is 0. The number of carbonyl (C=O) groups excluding carboxylic acids is 1. The van der Waals surface area contributed by atoms with Crippen LogP contribution in [-0.4, -0.2) is 53.6 Å². The Morgan fingerprint density at radius 1 is 1.38 bits per heavy atom. The van der Waals surface area contributed by atoms with Gasteiger partial charge in [0.25, 0.3) is 5.69 Å². The van der Waals surface area contributed by atoms with Gasteiger partial charge in [-0.1, -0.05) is 18.2 Å². The Hall–Kier alpha value is -2.48. The summed E-state index contributed by atoms with van der Waals surface area (Å²) in [7, 11) is 1.44. The van der Waals surface area contributed by atoms with Crippen LogP contribution in [0.1, 0.15) is 5.56 Å². The molecular weight excluding hydrogens is 280 g/mol. The molecule has 114 valence electrons. The minimum atomic E-state index is -1.15. The summed E-state index contributed by atoms with van der Waals surface area (Å²) in [5.74, 6) is -1.65. The number of nitro groups is 1. The molecule has 0 fully saturated rings. The van der Waals surface area contributed by atoms with Crippen LogP contribution in [0, 0.1) is 10.1 Å². The first-order valence-corrected chi connectivity index (χ1v) is 6.16. The third kappa shape index (κ3) is 5.19. The van der Waals surface area contributed by atoms with Crippen LogP contribution in [-0.2, 0) is 20.7 Å². The number of rotatable bonds is 8. The summed E-state index contributed by atoms with van der Waals surface area (Å²) < 4.78 is 4.82. The van der Waals surface area contributed by atoms with Gasteiger partial charge in [0.1, 0.15) is 6.54 Å². The van der Waals surface area contributed by atoms with Crippen molar-refractivity contribution in [1.82, 2.24) is 4.90 Å². The van der Waals surface area contributed by atoms with Crippen molar-refractivity contribution in [1.29, 1.82) is 0 Å². The Bertz CT molecular complexity index is 531. The standard InChI is InChI=1S/C13H16N2O6/c1-21-7-6-14(9-13(17)18)12(16)8-10-4-2-3-5-11(10)15(19)20/h2-5H,6-9H2,1H3,(H,17,18). The number of carbonyl (C=O) groups is 2. The van der Waals surface area contributed by atoms with Crippen molar-refractivity contribution < 1.29 is 24.4 Å². The number of methoxy groups -OCH3 is 1. The van der Waals surface area contributed by atoms with Crippen molar-refractivity contribution in [2.75, 3.05) is 26.8 Å². The number of carboxylic acid groups (broad SMARTS) is 1. The predicted octanol–water partition coefficient (Wildman–Crippen LogP) is 0.697. The zero-order chi connectivity index (χ0) is 15.8. The van der Waals surface area contributed by atoms with Gasteiger partial charge in [0.2, 0.25) is 5.91 Å². The van der Waals surface area contributed by atoms with Crippen molar-refractivity contribution in [3.63, 3.8) is 0 Å². The van der Waals surface area contributed by atoms with Crippen molar-refractivity contribution in [3.05, 3.63) is 39.9 Å². The van der Waals surface area contributed by atoms with Crippen LogP contribution in [0.2, 0.25) is 0 Å². The van der Waals surface area contributed by atoms with E-state index in [1.807, 2.05) is 0 Å². The highest BCUT2D eigenvalue weighted by Crippen LogP contribution is 2.18. The minimum absolute atomic E-state index is 0.113. The molecule has 8 heteroatoms. The van der Waals surface area contributed by atoms with E-state index in [2.05, 4.69) is 0 Å². The van der Waals surface area contributed by atoms with Crippen molar-refractivity contribution in [3.8, 4) is 0 Å². The highest BCUT2D eigenvalue weighted by atomic mass is 16.6. The second kappa shape index (κ2) is 7.95. The number of benzene rings is 1. The Labute approximate surface area is 121 Å². The van der Waals surface area contributed by atoms with Gasteiger partial charge in [0, 0.05) is 25.3 Å².